The average molecular weight is 585 g/mol. The normalized spacial score (nSPS) is 20.9. The van der Waals surface area contributed by atoms with Crippen molar-refractivity contribution in [2.24, 2.45) is 5.41 Å². The number of rotatable bonds is 13. The van der Waals surface area contributed by atoms with Crippen molar-refractivity contribution in [3.8, 4) is 17.3 Å². The van der Waals surface area contributed by atoms with E-state index < -0.39 is 5.41 Å². The number of aromatic nitrogens is 2. The van der Waals surface area contributed by atoms with Gasteiger partial charge in [0, 0.05) is 49.6 Å². The van der Waals surface area contributed by atoms with E-state index >= 15 is 0 Å². The Morgan fingerprint density at radius 1 is 1.22 bits per heavy atom. The van der Waals surface area contributed by atoms with Crippen molar-refractivity contribution in [1.29, 1.82) is 5.26 Å². The highest BCUT2D eigenvalue weighted by Gasteiger charge is 2.32. The molecule has 2 aromatic rings. The molecule has 4 rings (SSSR count). The number of halogens is 1. The zero-order valence-electron chi connectivity index (χ0n) is 24.0. The first-order valence-corrected chi connectivity index (χ1v) is 14.9. The number of nitrogens with one attached hydrogen (secondary N) is 3. The monoisotopic (exact) mass is 584 g/mol. The molecule has 222 valence electrons. The highest BCUT2D eigenvalue weighted by molar-refractivity contribution is 6.33. The first-order chi connectivity index (χ1) is 19.9. The summed E-state index contributed by atoms with van der Waals surface area (Å²) in [6, 6.07) is 11.1. The quantitative estimate of drug-likeness (QED) is 0.282. The molecular formula is C30H41ClN6O4. The van der Waals surface area contributed by atoms with Crippen LogP contribution < -0.4 is 16.0 Å². The summed E-state index contributed by atoms with van der Waals surface area (Å²) in [7, 11) is 0. The second kappa shape index (κ2) is 15.3. The highest BCUT2D eigenvalue weighted by Crippen LogP contribution is 2.32. The van der Waals surface area contributed by atoms with E-state index in [0.717, 1.165) is 42.8 Å². The molecule has 1 saturated heterocycles. The lowest BCUT2D eigenvalue weighted by Crippen LogP contribution is -2.43. The molecule has 1 aliphatic carbocycles. The molecule has 1 aliphatic heterocycles. The Bertz CT molecular complexity index is 1180. The van der Waals surface area contributed by atoms with Crippen LogP contribution in [0.3, 0.4) is 0 Å². The third-order valence-corrected chi connectivity index (χ3v) is 7.97. The van der Waals surface area contributed by atoms with Gasteiger partial charge in [-0.05, 0) is 70.6 Å². The van der Waals surface area contributed by atoms with Gasteiger partial charge >= 0.3 is 5.97 Å². The smallest absolute Gasteiger partial charge is 0.332 e. The predicted molar refractivity (Wildman–Crippen MR) is 159 cm³/mol. The number of esters is 1. The Morgan fingerprint density at radius 2 is 1.98 bits per heavy atom. The van der Waals surface area contributed by atoms with Gasteiger partial charge in [0.25, 0.3) is 0 Å². The van der Waals surface area contributed by atoms with Gasteiger partial charge in [0.15, 0.2) is 0 Å². The fraction of sp³-hybridized carbons (Fsp3) is 0.600. The summed E-state index contributed by atoms with van der Waals surface area (Å²) in [6.07, 6.45) is 7.18. The van der Waals surface area contributed by atoms with E-state index in [0.29, 0.717) is 68.7 Å². The number of hydrogen-bond acceptors (Lipinski definition) is 10. The minimum Gasteiger partial charge on any atom is -0.464 e. The van der Waals surface area contributed by atoms with Gasteiger partial charge in [-0.15, -0.1) is 0 Å². The van der Waals surface area contributed by atoms with Crippen LogP contribution in [0.1, 0.15) is 52.4 Å². The summed E-state index contributed by atoms with van der Waals surface area (Å²) in [6.45, 7) is 6.41. The molecule has 1 saturated carbocycles. The molecule has 2 fully saturated rings. The Labute approximate surface area is 247 Å². The van der Waals surface area contributed by atoms with Gasteiger partial charge in [0.1, 0.15) is 18.2 Å². The molecule has 2 aromatic heterocycles. The average Bonchev–Trinajstić information content (AvgIpc) is 2.99. The second-order valence-electron chi connectivity index (χ2n) is 10.9. The van der Waals surface area contributed by atoms with Crippen molar-refractivity contribution in [3.63, 3.8) is 0 Å². The molecule has 0 aromatic carbocycles. The van der Waals surface area contributed by atoms with Crippen molar-refractivity contribution >= 4 is 29.2 Å². The first-order valence-electron chi connectivity index (χ1n) is 14.5. The molecule has 41 heavy (non-hydrogen) atoms. The van der Waals surface area contributed by atoms with Crippen LogP contribution >= 0.6 is 11.6 Å². The van der Waals surface area contributed by atoms with Crippen molar-refractivity contribution in [2.75, 3.05) is 50.2 Å². The van der Waals surface area contributed by atoms with Crippen LogP contribution in [0.2, 0.25) is 5.02 Å². The number of anilines is 2. The van der Waals surface area contributed by atoms with Gasteiger partial charge in [0.05, 0.1) is 35.4 Å². The maximum atomic E-state index is 11.4. The molecule has 0 bridgehead atoms. The second-order valence-corrected chi connectivity index (χ2v) is 11.3. The molecule has 2 aliphatic rings. The van der Waals surface area contributed by atoms with Gasteiger partial charge in [-0.25, -0.2) is 14.8 Å². The molecule has 3 heterocycles. The van der Waals surface area contributed by atoms with Crippen LogP contribution in [0.25, 0.3) is 11.3 Å². The lowest BCUT2D eigenvalue weighted by molar-refractivity contribution is -0.148. The number of pyridine rings is 2. The zero-order valence-corrected chi connectivity index (χ0v) is 24.7. The third kappa shape index (κ3) is 9.27. The van der Waals surface area contributed by atoms with E-state index in [-0.39, 0.29) is 18.6 Å². The molecule has 0 unspecified atom stereocenters. The summed E-state index contributed by atoms with van der Waals surface area (Å²) in [5, 5.41) is 20.8. The minimum absolute atomic E-state index is 0.0132. The molecule has 10 nitrogen and oxygen atoms in total. The lowest BCUT2D eigenvalue weighted by atomic mass is 9.82. The van der Waals surface area contributed by atoms with E-state index in [4.69, 9.17) is 30.8 Å². The standard InChI is InChI=1S/C30H41ClN6O4/c1-3-41-29(38)18-40-17-21(2)35-22-7-9-23(10-8-22)36-28-15-24(25(31)16-33-28)26-5-4-6-27(37-26)34-20-30(19-32)11-13-39-14-12-30/h4-6,15-16,21-23,35H,3,7-14,17-18,20H2,1-2H3,(H,33,36)(H,34,37)/t21-,22-,23-/m0/s1. The van der Waals surface area contributed by atoms with Crippen LogP contribution in [0.4, 0.5) is 11.6 Å². The maximum absolute atomic E-state index is 11.4. The summed E-state index contributed by atoms with van der Waals surface area (Å²) >= 11 is 6.55. The minimum atomic E-state index is -0.439. The van der Waals surface area contributed by atoms with E-state index in [2.05, 4.69) is 33.9 Å². The third-order valence-electron chi connectivity index (χ3n) is 7.67. The lowest BCUT2D eigenvalue weighted by Gasteiger charge is -2.32. The number of hydrogen-bond donors (Lipinski definition) is 3. The summed E-state index contributed by atoms with van der Waals surface area (Å²) in [4.78, 5) is 20.7. The van der Waals surface area contributed by atoms with Crippen LogP contribution in [-0.4, -0.2) is 73.6 Å². The summed E-state index contributed by atoms with van der Waals surface area (Å²) in [5.74, 6) is 1.15. The molecular weight excluding hydrogens is 544 g/mol. The number of carbonyl (C=O) groups excluding carboxylic acids is 1. The topological polar surface area (TPSA) is 130 Å². The van der Waals surface area contributed by atoms with Crippen molar-refractivity contribution < 1.29 is 19.0 Å². The van der Waals surface area contributed by atoms with Gasteiger partial charge in [-0.1, -0.05) is 17.7 Å². The first kappa shape index (κ1) is 31.0. The van der Waals surface area contributed by atoms with Crippen molar-refractivity contribution in [1.82, 2.24) is 15.3 Å². The van der Waals surface area contributed by atoms with Crippen LogP contribution in [0.5, 0.6) is 0 Å². The molecule has 0 spiro atoms. The Kier molecular flexibility index (Phi) is 11.6. The zero-order chi connectivity index (χ0) is 29.1. The fourth-order valence-electron chi connectivity index (χ4n) is 5.33. The molecule has 11 heteroatoms. The predicted octanol–water partition coefficient (Wildman–Crippen LogP) is 4.81. The van der Waals surface area contributed by atoms with Crippen molar-refractivity contribution in [2.45, 2.75) is 70.5 Å². The SMILES string of the molecule is CCOC(=O)COC[C@H](C)N[C@H]1CC[C@H](Nc2cc(-c3cccc(NCC4(C#N)CCOCC4)n3)c(Cl)cn2)CC1. The molecule has 0 amide bonds. The largest absolute Gasteiger partial charge is 0.464 e. The van der Waals surface area contributed by atoms with Crippen LogP contribution in [-0.2, 0) is 19.0 Å². The Hall–Kier alpha value is -2.97. The van der Waals surface area contributed by atoms with Gasteiger partial charge in [-0.2, -0.15) is 5.26 Å². The Balaban J connectivity index is 1.28. The van der Waals surface area contributed by atoms with E-state index in [1.54, 1.807) is 13.1 Å². The van der Waals surface area contributed by atoms with Gasteiger partial charge < -0.3 is 30.2 Å². The maximum Gasteiger partial charge on any atom is 0.332 e. The van der Waals surface area contributed by atoms with Gasteiger partial charge in [-0.3, -0.25) is 0 Å². The highest BCUT2D eigenvalue weighted by atomic mass is 35.5. The van der Waals surface area contributed by atoms with E-state index in [1.165, 1.54) is 0 Å². The Morgan fingerprint density at radius 3 is 2.71 bits per heavy atom. The number of carbonyl (C=O) groups is 1. The van der Waals surface area contributed by atoms with E-state index in [1.807, 2.05) is 24.3 Å². The molecule has 0 radical (unpaired) electrons. The number of nitrogens with zero attached hydrogens (tertiary/aromatic N) is 3. The number of ether oxygens (including phenoxy) is 3. The summed E-state index contributed by atoms with van der Waals surface area (Å²) < 4.78 is 15.8. The van der Waals surface area contributed by atoms with Crippen molar-refractivity contribution in [3.05, 3.63) is 35.5 Å². The number of nitriles is 1. The van der Waals surface area contributed by atoms with E-state index in [9.17, 15) is 10.1 Å². The summed E-state index contributed by atoms with van der Waals surface area (Å²) in [5.41, 5.74) is 1.11. The van der Waals surface area contributed by atoms with Crippen LogP contribution in [0, 0.1) is 16.7 Å². The molecule has 1 atom stereocenters. The fourth-order valence-corrected chi connectivity index (χ4v) is 5.53. The van der Waals surface area contributed by atoms with Crippen LogP contribution in [0.15, 0.2) is 30.5 Å². The van der Waals surface area contributed by atoms with Gasteiger partial charge in [0.2, 0.25) is 0 Å². The molecule has 3 N–H and O–H groups in total.